The third-order valence-electron chi connectivity index (χ3n) is 6.09. The first kappa shape index (κ1) is 30.0. The normalized spacial score (nSPS) is 12.1. The number of halogens is 1. The molecule has 0 saturated heterocycles. The number of rotatable bonds is 12. The monoisotopic (exact) mass is 571 g/mol. The number of carbonyl (C=O) groups is 2. The van der Waals surface area contributed by atoms with Gasteiger partial charge in [-0.1, -0.05) is 55.8 Å². The van der Waals surface area contributed by atoms with Gasteiger partial charge in [-0.05, 0) is 66.9 Å². The van der Waals surface area contributed by atoms with E-state index >= 15 is 0 Å². The van der Waals surface area contributed by atoms with Crippen LogP contribution >= 0.6 is 11.6 Å². The second-order valence-corrected chi connectivity index (χ2v) is 11.8. The molecular formula is C29H34ClN3O5S. The van der Waals surface area contributed by atoms with Crippen LogP contribution in [0.4, 0.5) is 5.69 Å². The molecule has 208 valence electrons. The first-order valence-corrected chi connectivity index (χ1v) is 14.4. The summed E-state index contributed by atoms with van der Waals surface area (Å²) in [7, 11) is -2.56. The van der Waals surface area contributed by atoms with Gasteiger partial charge in [-0.25, -0.2) is 8.42 Å². The molecule has 10 heteroatoms. The molecule has 3 rings (SSSR count). The Morgan fingerprint density at radius 3 is 2.10 bits per heavy atom. The summed E-state index contributed by atoms with van der Waals surface area (Å²) in [4.78, 5) is 28.3. The average Bonchev–Trinajstić information content (AvgIpc) is 2.94. The first-order valence-electron chi connectivity index (χ1n) is 12.6. The molecule has 0 aliphatic heterocycles. The Balaban J connectivity index is 1.98. The Kier molecular flexibility index (Phi) is 10.4. The minimum absolute atomic E-state index is 0.0391. The largest absolute Gasteiger partial charge is 0.497 e. The van der Waals surface area contributed by atoms with Crippen molar-refractivity contribution in [2.75, 3.05) is 24.5 Å². The number of nitrogens with one attached hydrogen (secondary N) is 1. The van der Waals surface area contributed by atoms with E-state index in [1.807, 2.05) is 13.8 Å². The lowest BCUT2D eigenvalue weighted by Crippen LogP contribution is -2.51. The summed E-state index contributed by atoms with van der Waals surface area (Å²) < 4.78 is 33.7. The number of sulfonamides is 1. The van der Waals surface area contributed by atoms with Crippen molar-refractivity contribution in [2.45, 2.75) is 38.3 Å². The summed E-state index contributed by atoms with van der Waals surface area (Å²) in [5.41, 5.74) is 1.04. The van der Waals surface area contributed by atoms with Gasteiger partial charge in [-0.15, -0.1) is 0 Å². The lowest BCUT2D eigenvalue weighted by atomic mass is 10.1. The second kappa shape index (κ2) is 13.5. The number of anilines is 1. The molecule has 0 bridgehead atoms. The van der Waals surface area contributed by atoms with Gasteiger partial charge in [0.2, 0.25) is 11.8 Å². The van der Waals surface area contributed by atoms with E-state index < -0.39 is 28.5 Å². The number of methoxy groups -OCH3 is 1. The minimum atomic E-state index is -4.12. The fourth-order valence-electron chi connectivity index (χ4n) is 3.82. The maximum absolute atomic E-state index is 13.9. The predicted octanol–water partition coefficient (Wildman–Crippen LogP) is 4.73. The van der Waals surface area contributed by atoms with Crippen LogP contribution in [0.2, 0.25) is 5.02 Å². The van der Waals surface area contributed by atoms with Gasteiger partial charge in [0.25, 0.3) is 10.0 Å². The molecule has 0 spiro atoms. The molecule has 1 N–H and O–H groups in total. The van der Waals surface area contributed by atoms with Crippen LogP contribution in [-0.2, 0) is 26.2 Å². The number of benzene rings is 3. The lowest BCUT2D eigenvalue weighted by Gasteiger charge is -2.32. The fourth-order valence-corrected chi connectivity index (χ4v) is 5.38. The highest BCUT2D eigenvalue weighted by Gasteiger charge is 2.32. The fraction of sp³-hybridized carbons (Fsp3) is 0.310. The van der Waals surface area contributed by atoms with Gasteiger partial charge in [0.1, 0.15) is 18.3 Å². The molecule has 39 heavy (non-hydrogen) atoms. The molecule has 3 aromatic carbocycles. The molecule has 0 radical (unpaired) electrons. The minimum Gasteiger partial charge on any atom is -0.497 e. The zero-order valence-corrected chi connectivity index (χ0v) is 24.1. The molecule has 1 atom stereocenters. The molecule has 0 aliphatic rings. The molecule has 0 fully saturated rings. The Morgan fingerprint density at radius 1 is 0.923 bits per heavy atom. The third kappa shape index (κ3) is 7.97. The summed E-state index contributed by atoms with van der Waals surface area (Å²) in [5.74, 6) is 0.0208. The highest BCUT2D eigenvalue weighted by Crippen LogP contribution is 2.26. The maximum Gasteiger partial charge on any atom is 0.264 e. The molecule has 2 amide bonds. The molecule has 0 aromatic heterocycles. The van der Waals surface area contributed by atoms with Crippen molar-refractivity contribution in [1.82, 2.24) is 10.2 Å². The van der Waals surface area contributed by atoms with E-state index in [0.29, 0.717) is 17.3 Å². The molecule has 3 aromatic rings. The Hall–Kier alpha value is -3.56. The first-order chi connectivity index (χ1) is 18.5. The molecular weight excluding hydrogens is 538 g/mol. The third-order valence-corrected chi connectivity index (χ3v) is 8.13. The van der Waals surface area contributed by atoms with Crippen LogP contribution in [0, 0.1) is 5.92 Å². The van der Waals surface area contributed by atoms with Crippen LogP contribution in [0.1, 0.15) is 26.3 Å². The molecule has 8 nitrogen and oxygen atoms in total. The van der Waals surface area contributed by atoms with Gasteiger partial charge in [0.15, 0.2) is 0 Å². The summed E-state index contributed by atoms with van der Waals surface area (Å²) in [6.07, 6.45) is 0. The Morgan fingerprint density at radius 2 is 1.54 bits per heavy atom. The van der Waals surface area contributed by atoms with Crippen LogP contribution in [-0.4, -0.2) is 51.4 Å². The Bertz CT molecular complexity index is 1350. The quantitative estimate of drug-likeness (QED) is 0.339. The van der Waals surface area contributed by atoms with Gasteiger partial charge in [0, 0.05) is 18.1 Å². The molecule has 0 heterocycles. The molecule has 0 aliphatic carbocycles. The predicted molar refractivity (Wildman–Crippen MR) is 153 cm³/mol. The van der Waals surface area contributed by atoms with Crippen molar-refractivity contribution >= 4 is 39.1 Å². The van der Waals surface area contributed by atoms with E-state index in [1.165, 1.54) is 17.0 Å². The van der Waals surface area contributed by atoms with Gasteiger partial charge < -0.3 is 15.0 Å². The van der Waals surface area contributed by atoms with Crippen molar-refractivity contribution in [2.24, 2.45) is 5.92 Å². The maximum atomic E-state index is 13.9. The lowest BCUT2D eigenvalue weighted by molar-refractivity contribution is -0.139. The van der Waals surface area contributed by atoms with E-state index in [4.69, 9.17) is 16.3 Å². The standard InChI is InChI=1S/C29H34ClN3O5S/c1-21(2)18-31-29(35)22(3)32(19-23-10-16-26(38-4)17-11-23)28(34)20-33(25-14-12-24(30)13-15-25)39(36,37)27-8-6-5-7-9-27/h5-17,21-22H,18-20H2,1-4H3,(H,31,35)/t22-/m0/s1. The van der Waals surface area contributed by atoms with Gasteiger partial charge in [-0.3, -0.25) is 13.9 Å². The van der Waals surface area contributed by atoms with Crippen molar-refractivity contribution in [3.63, 3.8) is 0 Å². The number of carbonyl (C=O) groups excluding carboxylic acids is 2. The topological polar surface area (TPSA) is 96.0 Å². The van der Waals surface area contributed by atoms with Crippen LogP contribution in [0.15, 0.2) is 83.8 Å². The number of amides is 2. The van der Waals surface area contributed by atoms with Crippen LogP contribution in [0.5, 0.6) is 5.75 Å². The van der Waals surface area contributed by atoms with Crippen LogP contribution in [0.25, 0.3) is 0 Å². The van der Waals surface area contributed by atoms with E-state index in [9.17, 15) is 18.0 Å². The van der Waals surface area contributed by atoms with Crippen molar-refractivity contribution in [3.8, 4) is 5.75 Å². The van der Waals surface area contributed by atoms with Crippen molar-refractivity contribution in [1.29, 1.82) is 0 Å². The summed E-state index contributed by atoms with van der Waals surface area (Å²) in [6, 6.07) is 20.4. The zero-order valence-electron chi connectivity index (χ0n) is 22.5. The Labute approximate surface area is 235 Å². The second-order valence-electron chi connectivity index (χ2n) is 9.49. The highest BCUT2D eigenvalue weighted by molar-refractivity contribution is 7.92. The summed E-state index contributed by atoms with van der Waals surface area (Å²) in [6.45, 7) is 5.62. The van der Waals surface area contributed by atoms with Crippen molar-refractivity contribution in [3.05, 3.63) is 89.4 Å². The zero-order chi connectivity index (χ0) is 28.6. The molecule has 0 saturated carbocycles. The smallest absolute Gasteiger partial charge is 0.264 e. The summed E-state index contributed by atoms with van der Waals surface area (Å²) in [5, 5.41) is 3.30. The van der Waals surface area contributed by atoms with Gasteiger partial charge in [0.05, 0.1) is 17.7 Å². The highest BCUT2D eigenvalue weighted by atomic mass is 35.5. The van der Waals surface area contributed by atoms with E-state index in [2.05, 4.69) is 5.32 Å². The van der Waals surface area contributed by atoms with E-state index in [0.717, 1.165) is 9.87 Å². The summed E-state index contributed by atoms with van der Waals surface area (Å²) >= 11 is 6.05. The van der Waals surface area contributed by atoms with Crippen molar-refractivity contribution < 1.29 is 22.7 Å². The van der Waals surface area contributed by atoms with Gasteiger partial charge >= 0.3 is 0 Å². The average molecular weight is 572 g/mol. The number of hydrogen-bond acceptors (Lipinski definition) is 5. The SMILES string of the molecule is COc1ccc(CN(C(=O)CN(c2ccc(Cl)cc2)S(=O)(=O)c2ccccc2)[C@@H](C)C(=O)NCC(C)C)cc1. The van der Waals surface area contributed by atoms with Gasteiger partial charge in [-0.2, -0.15) is 0 Å². The van der Waals surface area contributed by atoms with E-state index in [-0.39, 0.29) is 29.0 Å². The van der Waals surface area contributed by atoms with E-state index in [1.54, 1.807) is 80.8 Å². The number of hydrogen-bond donors (Lipinski definition) is 1. The van der Waals surface area contributed by atoms with Crippen LogP contribution < -0.4 is 14.4 Å². The van der Waals surface area contributed by atoms with Crippen LogP contribution in [0.3, 0.4) is 0 Å². The number of ether oxygens (including phenoxy) is 1. The molecule has 0 unspecified atom stereocenters. The number of nitrogens with zero attached hydrogens (tertiary/aromatic N) is 2.